The van der Waals surface area contributed by atoms with Gasteiger partial charge < -0.3 is 4.98 Å². The lowest BCUT2D eigenvalue weighted by Crippen LogP contribution is -2.35. The zero-order chi connectivity index (χ0) is 15.7. The van der Waals surface area contributed by atoms with Crippen LogP contribution >= 0.6 is 0 Å². The highest BCUT2D eigenvalue weighted by molar-refractivity contribution is 5.21. The first-order valence-electron chi connectivity index (χ1n) is 8.30. The fourth-order valence-corrected chi connectivity index (χ4v) is 3.23. The lowest BCUT2D eigenvalue weighted by atomic mass is 9.92. The quantitative estimate of drug-likeness (QED) is 0.910. The highest BCUT2D eigenvalue weighted by atomic mass is 15.2. The van der Waals surface area contributed by atoms with E-state index in [1.165, 1.54) is 23.5 Å². The van der Waals surface area contributed by atoms with Crippen LogP contribution in [0.15, 0.2) is 12.4 Å². The fraction of sp³-hybridized carbons (Fsp3) is 0.647. The third-order valence-electron chi connectivity index (χ3n) is 4.49. The Morgan fingerprint density at radius 3 is 2.86 bits per heavy atom. The van der Waals surface area contributed by atoms with E-state index in [2.05, 4.69) is 58.8 Å². The topological polar surface area (TPSA) is 60.6 Å². The van der Waals surface area contributed by atoms with Crippen molar-refractivity contribution < 1.29 is 0 Å². The van der Waals surface area contributed by atoms with Crippen molar-refractivity contribution in [1.29, 1.82) is 0 Å². The van der Waals surface area contributed by atoms with E-state index in [4.69, 9.17) is 0 Å². The third-order valence-corrected chi connectivity index (χ3v) is 4.49. The average molecular weight is 301 g/mol. The number of rotatable bonds is 4. The number of fused-ring (bicyclic) bond motifs is 1. The molecular formula is C17H27N5. The van der Waals surface area contributed by atoms with Crippen molar-refractivity contribution in [1.82, 2.24) is 25.1 Å². The second kappa shape index (κ2) is 5.88. The van der Waals surface area contributed by atoms with Gasteiger partial charge in [-0.2, -0.15) is 5.10 Å². The number of nitrogens with one attached hydrogen (secondary N) is 2. The first-order chi connectivity index (χ1) is 10.5. The van der Waals surface area contributed by atoms with Crippen molar-refractivity contribution in [3.05, 3.63) is 35.2 Å². The highest BCUT2D eigenvalue weighted by Gasteiger charge is 2.29. The van der Waals surface area contributed by atoms with Gasteiger partial charge in [-0.1, -0.05) is 34.1 Å². The Kier molecular flexibility index (Phi) is 4.08. The molecule has 1 unspecified atom stereocenters. The molecule has 5 heteroatoms. The van der Waals surface area contributed by atoms with Gasteiger partial charge in [0.15, 0.2) is 0 Å². The summed E-state index contributed by atoms with van der Waals surface area (Å²) < 4.78 is 0. The SMILES string of the molecule is CCCC1c2nc[nH]c2CCN1Cc1cc(C(C)(C)C)n[nH]1. The van der Waals surface area contributed by atoms with Gasteiger partial charge in [0.2, 0.25) is 0 Å². The maximum Gasteiger partial charge on any atom is 0.0925 e. The van der Waals surface area contributed by atoms with E-state index < -0.39 is 0 Å². The molecule has 2 aromatic rings. The summed E-state index contributed by atoms with van der Waals surface area (Å²) in [5.74, 6) is 0. The smallest absolute Gasteiger partial charge is 0.0925 e. The van der Waals surface area contributed by atoms with Crippen LogP contribution in [0.4, 0.5) is 0 Å². The van der Waals surface area contributed by atoms with Crippen LogP contribution in [0.5, 0.6) is 0 Å². The standard InChI is InChI=1S/C17H27N5/c1-5-6-14-16-13(18-11-19-16)7-8-22(14)10-12-9-15(21-20-12)17(2,3)4/h9,11,14H,5-8,10H2,1-4H3,(H,18,19)(H,20,21). The van der Waals surface area contributed by atoms with E-state index in [1.54, 1.807) is 0 Å². The lowest BCUT2D eigenvalue weighted by molar-refractivity contribution is 0.160. The van der Waals surface area contributed by atoms with E-state index in [9.17, 15) is 0 Å². The first-order valence-corrected chi connectivity index (χ1v) is 8.30. The van der Waals surface area contributed by atoms with Crippen LogP contribution in [0.3, 0.4) is 0 Å². The molecule has 1 atom stereocenters. The van der Waals surface area contributed by atoms with Gasteiger partial charge in [-0.05, 0) is 12.5 Å². The predicted molar refractivity (Wildman–Crippen MR) is 87.6 cm³/mol. The van der Waals surface area contributed by atoms with Gasteiger partial charge in [0.1, 0.15) is 0 Å². The van der Waals surface area contributed by atoms with Crippen molar-refractivity contribution >= 4 is 0 Å². The minimum Gasteiger partial charge on any atom is -0.348 e. The molecule has 5 nitrogen and oxygen atoms in total. The molecule has 0 spiro atoms. The van der Waals surface area contributed by atoms with Crippen molar-refractivity contribution in [2.24, 2.45) is 0 Å². The fourth-order valence-electron chi connectivity index (χ4n) is 3.23. The van der Waals surface area contributed by atoms with E-state index in [0.717, 1.165) is 31.6 Å². The summed E-state index contributed by atoms with van der Waals surface area (Å²) in [7, 11) is 0. The summed E-state index contributed by atoms with van der Waals surface area (Å²) in [6.45, 7) is 10.8. The molecule has 1 aliphatic heterocycles. The van der Waals surface area contributed by atoms with Crippen LogP contribution in [0.1, 0.15) is 69.4 Å². The number of H-pyrrole nitrogens is 2. The summed E-state index contributed by atoms with van der Waals surface area (Å²) in [6, 6.07) is 2.63. The molecular weight excluding hydrogens is 274 g/mol. The zero-order valence-corrected chi connectivity index (χ0v) is 14.1. The molecule has 0 saturated carbocycles. The zero-order valence-electron chi connectivity index (χ0n) is 14.1. The summed E-state index contributed by atoms with van der Waals surface area (Å²) in [5, 5.41) is 7.70. The van der Waals surface area contributed by atoms with Crippen LogP contribution in [0, 0.1) is 0 Å². The van der Waals surface area contributed by atoms with Gasteiger partial charge in [-0.15, -0.1) is 0 Å². The van der Waals surface area contributed by atoms with Crippen LogP contribution < -0.4 is 0 Å². The number of aromatic amines is 2. The van der Waals surface area contributed by atoms with Crippen molar-refractivity contribution in [3.63, 3.8) is 0 Å². The first kappa shape index (κ1) is 15.3. The highest BCUT2D eigenvalue weighted by Crippen LogP contribution is 2.32. The second-order valence-electron chi connectivity index (χ2n) is 7.32. The number of hydrogen-bond donors (Lipinski definition) is 2. The maximum atomic E-state index is 4.57. The summed E-state index contributed by atoms with van der Waals surface area (Å²) in [6.07, 6.45) is 5.21. The van der Waals surface area contributed by atoms with Crippen LogP contribution in [0.2, 0.25) is 0 Å². The van der Waals surface area contributed by atoms with Gasteiger partial charge in [0, 0.05) is 36.3 Å². The molecule has 3 rings (SSSR count). The number of aromatic nitrogens is 4. The molecule has 0 aliphatic carbocycles. The molecule has 0 fully saturated rings. The van der Waals surface area contributed by atoms with Gasteiger partial charge in [0.05, 0.1) is 23.8 Å². The van der Waals surface area contributed by atoms with E-state index in [0.29, 0.717) is 6.04 Å². The Labute approximate surface area is 132 Å². The van der Waals surface area contributed by atoms with Crippen molar-refractivity contribution in [2.75, 3.05) is 6.54 Å². The van der Waals surface area contributed by atoms with Gasteiger partial charge >= 0.3 is 0 Å². The Hall–Kier alpha value is -1.62. The van der Waals surface area contributed by atoms with Crippen molar-refractivity contribution in [3.8, 4) is 0 Å². The molecule has 2 aromatic heterocycles. The molecule has 2 N–H and O–H groups in total. The monoisotopic (exact) mass is 301 g/mol. The summed E-state index contributed by atoms with van der Waals surface area (Å²) in [4.78, 5) is 10.4. The second-order valence-corrected chi connectivity index (χ2v) is 7.32. The minimum absolute atomic E-state index is 0.0921. The Morgan fingerprint density at radius 1 is 1.36 bits per heavy atom. The van der Waals surface area contributed by atoms with Gasteiger partial charge in [-0.25, -0.2) is 4.98 Å². The summed E-state index contributed by atoms with van der Waals surface area (Å²) >= 11 is 0. The van der Waals surface area contributed by atoms with E-state index in [1.807, 2.05) is 6.33 Å². The van der Waals surface area contributed by atoms with E-state index >= 15 is 0 Å². The molecule has 120 valence electrons. The molecule has 3 heterocycles. The predicted octanol–water partition coefficient (Wildman–Crippen LogP) is 3.33. The number of hydrogen-bond acceptors (Lipinski definition) is 3. The number of imidazole rings is 1. The van der Waals surface area contributed by atoms with Crippen LogP contribution in [-0.4, -0.2) is 31.6 Å². The third kappa shape index (κ3) is 2.95. The molecule has 0 amide bonds. The molecule has 0 bridgehead atoms. The normalized spacial score (nSPS) is 19.4. The Morgan fingerprint density at radius 2 is 2.18 bits per heavy atom. The Balaban J connectivity index is 1.78. The van der Waals surface area contributed by atoms with Gasteiger partial charge in [0.25, 0.3) is 0 Å². The Bertz CT molecular complexity index is 619. The largest absolute Gasteiger partial charge is 0.348 e. The molecule has 0 aromatic carbocycles. The van der Waals surface area contributed by atoms with Gasteiger partial charge in [-0.3, -0.25) is 10.00 Å². The number of nitrogens with zero attached hydrogens (tertiary/aromatic N) is 3. The maximum absolute atomic E-state index is 4.57. The molecule has 0 radical (unpaired) electrons. The van der Waals surface area contributed by atoms with Crippen molar-refractivity contribution in [2.45, 2.75) is 65.0 Å². The van der Waals surface area contributed by atoms with E-state index in [-0.39, 0.29) is 5.41 Å². The molecule has 22 heavy (non-hydrogen) atoms. The van der Waals surface area contributed by atoms with Crippen LogP contribution in [0.25, 0.3) is 0 Å². The molecule has 1 aliphatic rings. The average Bonchev–Trinajstić information content (AvgIpc) is 3.09. The summed E-state index contributed by atoms with van der Waals surface area (Å²) in [5.41, 5.74) is 4.98. The van der Waals surface area contributed by atoms with Crippen LogP contribution in [-0.2, 0) is 18.4 Å². The lowest BCUT2D eigenvalue weighted by Gasteiger charge is -2.34. The minimum atomic E-state index is 0.0921. The molecule has 0 saturated heterocycles.